The SMILES string of the molecule is CCC/C=C\C1CN1C. The molecule has 52 valence electrons. The zero-order chi connectivity index (χ0) is 6.69. The maximum atomic E-state index is 2.33. The van der Waals surface area contributed by atoms with Crippen LogP contribution in [0.5, 0.6) is 0 Å². The highest BCUT2D eigenvalue weighted by molar-refractivity contribution is 5.03. The van der Waals surface area contributed by atoms with Gasteiger partial charge in [-0.1, -0.05) is 25.5 Å². The van der Waals surface area contributed by atoms with Gasteiger partial charge in [-0.2, -0.15) is 0 Å². The van der Waals surface area contributed by atoms with Crippen molar-refractivity contribution >= 4 is 0 Å². The molecule has 1 fully saturated rings. The molecular weight excluding hydrogens is 110 g/mol. The van der Waals surface area contributed by atoms with E-state index >= 15 is 0 Å². The summed E-state index contributed by atoms with van der Waals surface area (Å²) >= 11 is 0. The lowest BCUT2D eigenvalue weighted by Gasteiger charge is -1.85. The van der Waals surface area contributed by atoms with Gasteiger partial charge >= 0.3 is 0 Å². The number of likely N-dealkylation sites (N-methyl/N-ethyl adjacent to an activating group) is 1. The average molecular weight is 125 g/mol. The minimum Gasteiger partial charge on any atom is -0.297 e. The molecule has 0 aromatic heterocycles. The molecular formula is C8H15N. The molecule has 2 atom stereocenters. The predicted octanol–water partition coefficient (Wildman–Crippen LogP) is 1.66. The Hall–Kier alpha value is -0.300. The van der Waals surface area contributed by atoms with Gasteiger partial charge in [-0.25, -0.2) is 0 Å². The summed E-state index contributed by atoms with van der Waals surface area (Å²) in [6, 6.07) is 0.775. The van der Waals surface area contributed by atoms with E-state index in [1.807, 2.05) is 0 Å². The first-order valence-corrected chi connectivity index (χ1v) is 3.71. The van der Waals surface area contributed by atoms with Crippen LogP contribution < -0.4 is 0 Å². The van der Waals surface area contributed by atoms with Crippen LogP contribution >= 0.6 is 0 Å². The normalized spacial score (nSPS) is 33.6. The summed E-state index contributed by atoms with van der Waals surface area (Å²) in [7, 11) is 2.15. The van der Waals surface area contributed by atoms with Gasteiger partial charge in [0.15, 0.2) is 0 Å². The zero-order valence-corrected chi connectivity index (χ0v) is 6.30. The fourth-order valence-electron chi connectivity index (χ4n) is 0.876. The highest BCUT2D eigenvalue weighted by Crippen LogP contribution is 2.14. The number of rotatable bonds is 3. The van der Waals surface area contributed by atoms with Crippen molar-refractivity contribution in [2.45, 2.75) is 25.8 Å². The van der Waals surface area contributed by atoms with E-state index in [2.05, 4.69) is 31.0 Å². The number of unbranched alkanes of at least 4 members (excludes halogenated alkanes) is 1. The van der Waals surface area contributed by atoms with Gasteiger partial charge in [0.25, 0.3) is 0 Å². The highest BCUT2D eigenvalue weighted by atomic mass is 15.3. The van der Waals surface area contributed by atoms with E-state index in [0.717, 1.165) is 6.04 Å². The molecule has 2 unspecified atom stereocenters. The first kappa shape index (κ1) is 6.81. The maximum absolute atomic E-state index is 2.33. The summed E-state index contributed by atoms with van der Waals surface area (Å²) in [5.41, 5.74) is 0. The molecule has 1 aliphatic rings. The van der Waals surface area contributed by atoms with Gasteiger partial charge in [-0.15, -0.1) is 0 Å². The Bertz CT molecular complexity index is 107. The second-order valence-corrected chi connectivity index (χ2v) is 2.72. The lowest BCUT2D eigenvalue weighted by Crippen LogP contribution is -1.87. The molecule has 1 nitrogen and oxygen atoms in total. The van der Waals surface area contributed by atoms with Gasteiger partial charge in [0, 0.05) is 12.6 Å². The van der Waals surface area contributed by atoms with Gasteiger partial charge < -0.3 is 0 Å². The van der Waals surface area contributed by atoms with E-state index in [9.17, 15) is 0 Å². The monoisotopic (exact) mass is 125 g/mol. The zero-order valence-electron chi connectivity index (χ0n) is 6.30. The predicted molar refractivity (Wildman–Crippen MR) is 40.5 cm³/mol. The average Bonchev–Trinajstić information content (AvgIpc) is 2.48. The van der Waals surface area contributed by atoms with Crippen molar-refractivity contribution in [2.75, 3.05) is 13.6 Å². The van der Waals surface area contributed by atoms with Crippen molar-refractivity contribution in [1.82, 2.24) is 4.90 Å². The Morgan fingerprint density at radius 1 is 1.67 bits per heavy atom. The molecule has 1 heteroatoms. The number of hydrogen-bond donors (Lipinski definition) is 0. The molecule has 0 spiro atoms. The van der Waals surface area contributed by atoms with Crippen LogP contribution in [0.25, 0.3) is 0 Å². The maximum Gasteiger partial charge on any atom is 0.0403 e. The van der Waals surface area contributed by atoms with E-state index in [1.54, 1.807) is 0 Å². The molecule has 1 aliphatic heterocycles. The molecule has 1 heterocycles. The molecule has 0 N–H and O–H groups in total. The van der Waals surface area contributed by atoms with Crippen molar-refractivity contribution < 1.29 is 0 Å². The Balaban J connectivity index is 2.03. The fraction of sp³-hybridized carbons (Fsp3) is 0.750. The van der Waals surface area contributed by atoms with Crippen LogP contribution in [0.1, 0.15) is 19.8 Å². The molecule has 0 aromatic rings. The fourth-order valence-corrected chi connectivity index (χ4v) is 0.876. The third kappa shape index (κ3) is 2.19. The van der Waals surface area contributed by atoms with E-state index in [0.29, 0.717) is 0 Å². The second kappa shape index (κ2) is 3.02. The second-order valence-electron chi connectivity index (χ2n) is 2.72. The third-order valence-corrected chi connectivity index (χ3v) is 1.72. The molecule has 0 bridgehead atoms. The first-order valence-electron chi connectivity index (χ1n) is 3.71. The molecule has 0 radical (unpaired) electrons. The van der Waals surface area contributed by atoms with Gasteiger partial charge in [-0.05, 0) is 13.5 Å². The van der Waals surface area contributed by atoms with Crippen LogP contribution in [0.15, 0.2) is 12.2 Å². The Morgan fingerprint density at radius 3 is 2.78 bits per heavy atom. The lowest BCUT2D eigenvalue weighted by atomic mass is 10.3. The molecule has 0 aromatic carbocycles. The van der Waals surface area contributed by atoms with Crippen LogP contribution in [0.3, 0.4) is 0 Å². The summed E-state index contributed by atoms with van der Waals surface area (Å²) < 4.78 is 0. The summed E-state index contributed by atoms with van der Waals surface area (Å²) in [6.45, 7) is 3.47. The summed E-state index contributed by atoms with van der Waals surface area (Å²) in [4.78, 5) is 2.33. The Kier molecular flexibility index (Phi) is 2.29. The van der Waals surface area contributed by atoms with Crippen molar-refractivity contribution in [2.24, 2.45) is 0 Å². The van der Waals surface area contributed by atoms with Crippen LogP contribution in [-0.4, -0.2) is 24.5 Å². The molecule has 9 heavy (non-hydrogen) atoms. The van der Waals surface area contributed by atoms with Crippen molar-refractivity contribution in [3.05, 3.63) is 12.2 Å². The van der Waals surface area contributed by atoms with E-state index in [1.165, 1.54) is 19.4 Å². The standard InChI is InChI=1S/C8H15N/c1-3-4-5-6-8-7-9(8)2/h5-6,8H,3-4,7H2,1-2H3/b6-5-. The molecule has 0 aliphatic carbocycles. The number of allylic oxidation sites excluding steroid dienone is 1. The largest absolute Gasteiger partial charge is 0.297 e. The van der Waals surface area contributed by atoms with Crippen molar-refractivity contribution in [1.29, 1.82) is 0 Å². The van der Waals surface area contributed by atoms with Gasteiger partial charge in [0.2, 0.25) is 0 Å². The molecule has 0 saturated carbocycles. The highest BCUT2D eigenvalue weighted by Gasteiger charge is 2.25. The minimum absolute atomic E-state index is 0.775. The topological polar surface area (TPSA) is 3.01 Å². The molecule has 0 amide bonds. The van der Waals surface area contributed by atoms with Gasteiger partial charge in [-0.3, -0.25) is 4.90 Å². The van der Waals surface area contributed by atoms with Crippen LogP contribution in [0.2, 0.25) is 0 Å². The first-order chi connectivity index (χ1) is 4.34. The number of nitrogens with zero attached hydrogens (tertiary/aromatic N) is 1. The number of hydrogen-bond acceptors (Lipinski definition) is 1. The Morgan fingerprint density at radius 2 is 2.33 bits per heavy atom. The van der Waals surface area contributed by atoms with Crippen molar-refractivity contribution in [3.8, 4) is 0 Å². The molecule has 1 saturated heterocycles. The summed E-state index contributed by atoms with van der Waals surface area (Å²) in [5, 5.41) is 0. The quantitative estimate of drug-likeness (QED) is 0.409. The lowest BCUT2D eigenvalue weighted by molar-refractivity contribution is 0.659. The minimum atomic E-state index is 0.775. The Labute approximate surface area is 57.4 Å². The van der Waals surface area contributed by atoms with E-state index < -0.39 is 0 Å². The van der Waals surface area contributed by atoms with Crippen LogP contribution in [0, 0.1) is 0 Å². The van der Waals surface area contributed by atoms with E-state index in [-0.39, 0.29) is 0 Å². The van der Waals surface area contributed by atoms with Gasteiger partial charge in [0.1, 0.15) is 0 Å². The summed E-state index contributed by atoms with van der Waals surface area (Å²) in [6.07, 6.45) is 7.11. The van der Waals surface area contributed by atoms with Crippen molar-refractivity contribution in [3.63, 3.8) is 0 Å². The smallest absolute Gasteiger partial charge is 0.0403 e. The van der Waals surface area contributed by atoms with Crippen LogP contribution in [0.4, 0.5) is 0 Å². The van der Waals surface area contributed by atoms with E-state index in [4.69, 9.17) is 0 Å². The third-order valence-electron chi connectivity index (χ3n) is 1.72. The summed E-state index contributed by atoms with van der Waals surface area (Å²) in [5.74, 6) is 0. The van der Waals surface area contributed by atoms with Crippen LogP contribution in [-0.2, 0) is 0 Å². The van der Waals surface area contributed by atoms with Gasteiger partial charge in [0.05, 0.1) is 0 Å². The molecule has 1 rings (SSSR count).